The Morgan fingerprint density at radius 3 is 2.53 bits per heavy atom. The Morgan fingerprint density at radius 1 is 1.10 bits per heavy atom. The summed E-state index contributed by atoms with van der Waals surface area (Å²) in [6, 6.07) is 9.94. The second-order valence-corrected chi connectivity index (χ2v) is 8.22. The summed E-state index contributed by atoms with van der Waals surface area (Å²) in [6.07, 6.45) is 1.88. The van der Waals surface area contributed by atoms with Crippen LogP contribution in [-0.2, 0) is 0 Å². The van der Waals surface area contributed by atoms with Crippen LogP contribution in [0.1, 0.15) is 6.92 Å². The van der Waals surface area contributed by atoms with Gasteiger partial charge in [-0.05, 0) is 48.7 Å². The first-order valence-electron chi connectivity index (χ1n) is 10.4. The van der Waals surface area contributed by atoms with Gasteiger partial charge in [0.15, 0.2) is 11.6 Å². The number of ether oxygens (including phenoxy) is 1. The number of hydrogen-bond acceptors (Lipinski definition) is 5. The molecule has 0 aliphatic carbocycles. The molecule has 2 aliphatic heterocycles. The Hall–Kier alpha value is -2.93. The van der Waals surface area contributed by atoms with Gasteiger partial charge in [0.25, 0.3) is 5.56 Å². The van der Waals surface area contributed by atoms with E-state index in [0.717, 1.165) is 38.4 Å². The largest absolute Gasteiger partial charge is 0.494 e. The van der Waals surface area contributed by atoms with Crippen molar-refractivity contribution in [2.45, 2.75) is 6.92 Å². The van der Waals surface area contributed by atoms with Gasteiger partial charge in [0.1, 0.15) is 5.65 Å². The van der Waals surface area contributed by atoms with E-state index < -0.39 is 5.82 Å². The second-order valence-electron chi connectivity index (χ2n) is 8.22. The van der Waals surface area contributed by atoms with Crippen LogP contribution in [0.3, 0.4) is 0 Å². The van der Waals surface area contributed by atoms with Crippen LogP contribution in [0.4, 0.5) is 10.1 Å². The van der Waals surface area contributed by atoms with Crippen molar-refractivity contribution in [2.24, 2.45) is 11.8 Å². The summed E-state index contributed by atoms with van der Waals surface area (Å²) in [5.74, 6) is 1.08. The average Bonchev–Trinajstić information content (AvgIpc) is 3.32. The predicted molar refractivity (Wildman–Crippen MR) is 115 cm³/mol. The molecule has 0 bridgehead atoms. The zero-order valence-electron chi connectivity index (χ0n) is 17.2. The first-order chi connectivity index (χ1) is 14.6. The highest BCUT2D eigenvalue weighted by Crippen LogP contribution is 2.33. The van der Waals surface area contributed by atoms with Gasteiger partial charge in [-0.3, -0.25) is 9.20 Å². The standard InChI is InChI=1S/C23H25FN4O2/c1-3-26-10-16-12-27(13-17(16)11-26)18-5-7-22-25-20(9-23(29)28(22)14-18)15-4-6-21(30-2)19(24)8-15/h4-9,14,16-17H,3,10-13H2,1-2H3. The number of nitrogens with zero attached hydrogens (tertiary/aromatic N) is 4. The minimum atomic E-state index is -0.478. The minimum absolute atomic E-state index is 0.165. The number of rotatable bonds is 4. The molecule has 4 heterocycles. The normalized spacial score (nSPS) is 21.4. The van der Waals surface area contributed by atoms with Crippen LogP contribution in [-0.4, -0.2) is 54.1 Å². The van der Waals surface area contributed by atoms with Gasteiger partial charge in [-0.15, -0.1) is 0 Å². The lowest BCUT2D eigenvalue weighted by Gasteiger charge is -2.22. The molecule has 2 unspecified atom stereocenters. The fourth-order valence-corrected chi connectivity index (χ4v) is 4.81. The number of likely N-dealkylation sites (tertiary alicyclic amines) is 1. The third kappa shape index (κ3) is 3.23. The summed E-state index contributed by atoms with van der Waals surface area (Å²) in [7, 11) is 1.42. The highest BCUT2D eigenvalue weighted by atomic mass is 19.1. The van der Waals surface area contributed by atoms with E-state index in [1.165, 1.54) is 19.2 Å². The molecule has 0 spiro atoms. The number of aromatic nitrogens is 2. The van der Waals surface area contributed by atoms with Crippen molar-refractivity contribution in [3.05, 3.63) is 58.8 Å². The number of fused-ring (bicyclic) bond motifs is 2. The van der Waals surface area contributed by atoms with Crippen molar-refractivity contribution in [3.63, 3.8) is 0 Å². The Kier molecular flexibility index (Phi) is 4.70. The summed E-state index contributed by atoms with van der Waals surface area (Å²) in [6.45, 7) is 7.71. The van der Waals surface area contributed by atoms with E-state index >= 15 is 0 Å². The fraction of sp³-hybridized carbons (Fsp3) is 0.391. The molecule has 2 aliphatic rings. The molecular weight excluding hydrogens is 383 g/mol. The van der Waals surface area contributed by atoms with E-state index in [-0.39, 0.29) is 11.3 Å². The highest BCUT2D eigenvalue weighted by molar-refractivity contribution is 5.63. The van der Waals surface area contributed by atoms with Gasteiger partial charge in [0.2, 0.25) is 0 Å². The van der Waals surface area contributed by atoms with Crippen molar-refractivity contribution in [1.82, 2.24) is 14.3 Å². The minimum Gasteiger partial charge on any atom is -0.494 e. The number of anilines is 1. The van der Waals surface area contributed by atoms with E-state index in [0.29, 0.717) is 28.7 Å². The summed E-state index contributed by atoms with van der Waals surface area (Å²) < 4.78 is 20.6. The van der Waals surface area contributed by atoms with E-state index in [4.69, 9.17) is 4.74 Å². The van der Waals surface area contributed by atoms with Gasteiger partial charge in [-0.1, -0.05) is 6.92 Å². The first kappa shape index (κ1) is 19.1. The van der Waals surface area contributed by atoms with Crippen molar-refractivity contribution in [1.29, 1.82) is 0 Å². The Bertz CT molecular complexity index is 1150. The van der Waals surface area contributed by atoms with Gasteiger partial charge >= 0.3 is 0 Å². The fourth-order valence-electron chi connectivity index (χ4n) is 4.81. The monoisotopic (exact) mass is 408 g/mol. The first-order valence-corrected chi connectivity index (χ1v) is 10.4. The van der Waals surface area contributed by atoms with Crippen LogP contribution >= 0.6 is 0 Å². The zero-order chi connectivity index (χ0) is 20.8. The molecule has 3 aromatic rings. The maximum atomic E-state index is 14.1. The van der Waals surface area contributed by atoms with Crippen LogP contribution in [0.25, 0.3) is 16.9 Å². The lowest BCUT2D eigenvalue weighted by Crippen LogP contribution is -2.29. The van der Waals surface area contributed by atoms with Gasteiger partial charge in [0, 0.05) is 44.0 Å². The van der Waals surface area contributed by atoms with Crippen molar-refractivity contribution in [2.75, 3.05) is 44.7 Å². The molecule has 7 heteroatoms. The molecule has 5 rings (SSSR count). The number of halogens is 1. The smallest absolute Gasteiger partial charge is 0.258 e. The Morgan fingerprint density at radius 2 is 1.87 bits per heavy atom. The lowest BCUT2D eigenvalue weighted by atomic mass is 10.0. The molecule has 0 radical (unpaired) electrons. The summed E-state index contributed by atoms with van der Waals surface area (Å²) in [5.41, 5.74) is 2.42. The molecule has 0 saturated carbocycles. The van der Waals surface area contributed by atoms with E-state index in [1.807, 2.05) is 18.3 Å². The molecule has 0 amide bonds. The van der Waals surface area contributed by atoms with Crippen molar-refractivity contribution < 1.29 is 9.13 Å². The molecule has 2 atom stereocenters. The van der Waals surface area contributed by atoms with Crippen molar-refractivity contribution >= 4 is 11.3 Å². The Labute approximate surface area is 174 Å². The topological polar surface area (TPSA) is 50.1 Å². The quantitative estimate of drug-likeness (QED) is 0.665. The van der Waals surface area contributed by atoms with Crippen LogP contribution in [0.15, 0.2) is 47.4 Å². The van der Waals surface area contributed by atoms with Crippen LogP contribution in [0, 0.1) is 17.7 Å². The lowest BCUT2D eigenvalue weighted by molar-refractivity contribution is 0.334. The van der Waals surface area contributed by atoms with E-state index in [9.17, 15) is 9.18 Å². The molecule has 0 N–H and O–H groups in total. The number of benzene rings is 1. The van der Waals surface area contributed by atoms with Gasteiger partial charge in [-0.2, -0.15) is 0 Å². The number of pyridine rings is 1. The molecule has 2 fully saturated rings. The van der Waals surface area contributed by atoms with Crippen LogP contribution < -0.4 is 15.2 Å². The van der Waals surface area contributed by atoms with Crippen molar-refractivity contribution in [3.8, 4) is 17.0 Å². The average molecular weight is 408 g/mol. The molecule has 1 aromatic carbocycles. The molecule has 2 saturated heterocycles. The third-order valence-electron chi connectivity index (χ3n) is 6.47. The van der Waals surface area contributed by atoms with Crippen LogP contribution in [0.2, 0.25) is 0 Å². The zero-order valence-corrected chi connectivity index (χ0v) is 17.2. The SMILES string of the molecule is CCN1CC2CN(c3ccc4nc(-c5ccc(OC)c(F)c5)cc(=O)n4c3)CC2C1. The predicted octanol–water partition coefficient (Wildman–Crippen LogP) is 2.90. The molecule has 156 valence electrons. The van der Waals surface area contributed by atoms with Gasteiger partial charge in [0.05, 0.1) is 18.5 Å². The summed E-state index contributed by atoms with van der Waals surface area (Å²) >= 11 is 0. The number of hydrogen-bond donors (Lipinski definition) is 0. The summed E-state index contributed by atoms with van der Waals surface area (Å²) in [5, 5.41) is 0. The molecule has 6 nitrogen and oxygen atoms in total. The third-order valence-corrected chi connectivity index (χ3v) is 6.47. The van der Waals surface area contributed by atoms with E-state index in [2.05, 4.69) is 21.7 Å². The second kappa shape index (κ2) is 7.40. The van der Waals surface area contributed by atoms with E-state index in [1.54, 1.807) is 16.5 Å². The maximum Gasteiger partial charge on any atom is 0.258 e. The summed E-state index contributed by atoms with van der Waals surface area (Å²) in [4.78, 5) is 22.3. The molecule has 30 heavy (non-hydrogen) atoms. The van der Waals surface area contributed by atoms with Gasteiger partial charge in [-0.25, -0.2) is 9.37 Å². The molecule has 2 aromatic heterocycles. The molecular formula is C23H25FN4O2. The van der Waals surface area contributed by atoms with Gasteiger partial charge < -0.3 is 14.5 Å². The van der Waals surface area contributed by atoms with Crippen LogP contribution in [0.5, 0.6) is 5.75 Å². The Balaban J connectivity index is 1.44. The highest BCUT2D eigenvalue weighted by Gasteiger charge is 2.39. The number of methoxy groups -OCH3 is 1. The maximum absolute atomic E-state index is 14.1.